The van der Waals surface area contributed by atoms with Crippen LogP contribution >= 0.6 is 35.4 Å². The van der Waals surface area contributed by atoms with E-state index in [-0.39, 0.29) is 18.4 Å². The second-order valence-corrected chi connectivity index (χ2v) is 11.0. The first-order valence-corrected chi connectivity index (χ1v) is 14.2. The van der Waals surface area contributed by atoms with Gasteiger partial charge in [0.2, 0.25) is 5.91 Å². The Bertz CT molecular complexity index is 1560. The van der Waals surface area contributed by atoms with Gasteiger partial charge in [0.1, 0.15) is 0 Å². The number of aryl methyl sites for hydroxylation is 1. The van der Waals surface area contributed by atoms with Crippen LogP contribution in [0.4, 0.5) is 5.69 Å². The van der Waals surface area contributed by atoms with Gasteiger partial charge >= 0.3 is 0 Å². The summed E-state index contributed by atoms with van der Waals surface area (Å²) in [4.78, 5) is 19.3. The minimum Gasteiger partial charge on any atom is -0.352 e. The van der Waals surface area contributed by atoms with E-state index in [2.05, 4.69) is 21.7 Å². The number of hydrogen-bond acceptors (Lipinski definition) is 4. The Morgan fingerprint density at radius 2 is 1.90 bits per heavy atom. The average Bonchev–Trinajstić information content (AvgIpc) is 3.37. The number of amides is 1. The van der Waals surface area contributed by atoms with E-state index < -0.39 is 0 Å². The second kappa shape index (κ2) is 14.1. The van der Waals surface area contributed by atoms with Crippen LogP contribution in [0.15, 0.2) is 79.3 Å². The summed E-state index contributed by atoms with van der Waals surface area (Å²) < 4.78 is 1.93. The Labute approximate surface area is 255 Å². The summed E-state index contributed by atoms with van der Waals surface area (Å²) in [6.45, 7) is 5.36. The Morgan fingerprint density at radius 1 is 1.15 bits per heavy atom. The molecule has 0 saturated carbocycles. The van der Waals surface area contributed by atoms with Gasteiger partial charge in [-0.2, -0.15) is 5.26 Å². The zero-order valence-electron chi connectivity index (χ0n) is 22.8. The monoisotopic (exact) mass is 604 g/mol. The fourth-order valence-corrected chi connectivity index (χ4v) is 5.04. The molecule has 0 aliphatic carbocycles. The van der Waals surface area contributed by atoms with Crippen LogP contribution in [-0.4, -0.2) is 38.1 Å². The third-order valence-electron chi connectivity index (χ3n) is 6.43. The average molecular weight is 606 g/mol. The van der Waals surface area contributed by atoms with Crippen molar-refractivity contribution >= 4 is 52.1 Å². The van der Waals surface area contributed by atoms with Crippen molar-refractivity contribution in [2.45, 2.75) is 39.4 Å². The summed E-state index contributed by atoms with van der Waals surface area (Å²) >= 11 is 18.6. The molecular formula is C31H30Cl2N6OS. The van der Waals surface area contributed by atoms with Crippen molar-refractivity contribution in [3.05, 3.63) is 117 Å². The molecule has 3 aromatic carbocycles. The second-order valence-electron chi connectivity index (χ2n) is 9.86. The molecule has 0 fully saturated rings. The molecule has 4 aromatic rings. The van der Waals surface area contributed by atoms with Gasteiger partial charge in [0.05, 0.1) is 34.4 Å². The van der Waals surface area contributed by atoms with Crippen LogP contribution in [0.2, 0.25) is 10.0 Å². The lowest BCUT2D eigenvalue weighted by molar-refractivity contribution is -0.121. The topological polar surface area (TPSA) is 86.0 Å². The van der Waals surface area contributed by atoms with Crippen LogP contribution in [0.5, 0.6) is 0 Å². The molecule has 7 nitrogen and oxygen atoms in total. The molecule has 2 N–H and O–H groups in total. The van der Waals surface area contributed by atoms with Crippen molar-refractivity contribution in [2.24, 2.45) is 0 Å². The van der Waals surface area contributed by atoms with Gasteiger partial charge in [-0.1, -0.05) is 59.6 Å². The predicted molar refractivity (Wildman–Crippen MR) is 168 cm³/mol. The molecule has 41 heavy (non-hydrogen) atoms. The molecule has 0 radical (unpaired) electrons. The first-order valence-electron chi connectivity index (χ1n) is 13.0. The summed E-state index contributed by atoms with van der Waals surface area (Å²) in [5, 5.41) is 16.9. The number of thiocarbonyl (C=S) groups is 1. The van der Waals surface area contributed by atoms with Gasteiger partial charge in [0.15, 0.2) is 5.11 Å². The summed E-state index contributed by atoms with van der Waals surface area (Å²) in [7, 11) is 0. The number of anilines is 1. The Hall–Kier alpha value is -3.90. The van der Waals surface area contributed by atoms with Crippen LogP contribution < -0.4 is 10.6 Å². The molecule has 0 aliphatic rings. The molecule has 10 heteroatoms. The first-order chi connectivity index (χ1) is 19.7. The van der Waals surface area contributed by atoms with Crippen molar-refractivity contribution in [1.82, 2.24) is 19.8 Å². The van der Waals surface area contributed by atoms with Crippen molar-refractivity contribution in [1.29, 1.82) is 5.26 Å². The molecule has 1 heterocycles. The fraction of sp³-hybridized carbons (Fsp3) is 0.226. The van der Waals surface area contributed by atoms with E-state index in [1.165, 1.54) is 0 Å². The zero-order chi connectivity index (χ0) is 29.4. The highest BCUT2D eigenvalue weighted by atomic mass is 35.5. The Balaban J connectivity index is 1.42. The molecule has 0 aliphatic heterocycles. The van der Waals surface area contributed by atoms with Gasteiger partial charge in [-0.05, 0) is 73.1 Å². The molecule has 0 saturated heterocycles. The van der Waals surface area contributed by atoms with Crippen LogP contribution in [0.1, 0.15) is 34.9 Å². The number of imidazole rings is 1. The maximum absolute atomic E-state index is 13.1. The number of nitrogens with one attached hydrogen (secondary N) is 2. The summed E-state index contributed by atoms with van der Waals surface area (Å²) in [6, 6.07) is 22.7. The molecule has 1 atom stereocenters. The highest BCUT2D eigenvalue weighted by Crippen LogP contribution is 2.27. The van der Waals surface area contributed by atoms with Gasteiger partial charge in [-0.15, -0.1) is 0 Å². The standard InChI is InChI=1S/C31H30Cl2N6OS/c1-21-5-3-7-26(13-21)37-31(41)38(19-25-6-4-8-28(32)30(25)33)17-22(2)36-29(40)14-27-16-35-20-39(27)18-24-11-9-23(15-34)10-12-24/h3-13,16,20,22H,14,17-19H2,1-2H3,(H,36,40)(H,37,41)/t22-/m0/s1. The van der Waals surface area contributed by atoms with E-state index in [4.69, 9.17) is 40.7 Å². The first kappa shape index (κ1) is 30.1. The van der Waals surface area contributed by atoms with E-state index >= 15 is 0 Å². The van der Waals surface area contributed by atoms with Crippen molar-refractivity contribution in [2.75, 3.05) is 11.9 Å². The number of carbonyl (C=O) groups is 1. The molecule has 1 aromatic heterocycles. The van der Waals surface area contributed by atoms with Gasteiger partial charge in [0.25, 0.3) is 0 Å². The largest absolute Gasteiger partial charge is 0.352 e. The van der Waals surface area contributed by atoms with Crippen LogP contribution in [-0.2, 0) is 24.3 Å². The van der Waals surface area contributed by atoms with E-state index in [1.807, 2.05) is 71.8 Å². The molecule has 0 unspecified atom stereocenters. The molecule has 0 spiro atoms. The van der Waals surface area contributed by atoms with E-state index in [0.717, 1.165) is 28.1 Å². The third-order valence-corrected chi connectivity index (χ3v) is 7.65. The summed E-state index contributed by atoms with van der Waals surface area (Å²) in [6.07, 6.45) is 3.57. The lowest BCUT2D eigenvalue weighted by Gasteiger charge is -2.29. The predicted octanol–water partition coefficient (Wildman–Crippen LogP) is 6.36. The smallest absolute Gasteiger partial charge is 0.226 e. The number of halogens is 2. The van der Waals surface area contributed by atoms with Gasteiger partial charge < -0.3 is 20.1 Å². The van der Waals surface area contributed by atoms with Crippen LogP contribution in [0.25, 0.3) is 0 Å². The minimum absolute atomic E-state index is 0.127. The van der Waals surface area contributed by atoms with Crippen molar-refractivity contribution < 1.29 is 4.79 Å². The number of aromatic nitrogens is 2. The molecular weight excluding hydrogens is 575 g/mol. The van der Waals surface area contributed by atoms with E-state index in [9.17, 15) is 4.79 Å². The van der Waals surface area contributed by atoms with E-state index in [0.29, 0.717) is 40.4 Å². The highest BCUT2D eigenvalue weighted by molar-refractivity contribution is 7.80. The van der Waals surface area contributed by atoms with E-state index in [1.54, 1.807) is 30.7 Å². The Morgan fingerprint density at radius 3 is 2.63 bits per heavy atom. The van der Waals surface area contributed by atoms with Gasteiger partial charge in [-0.3, -0.25) is 4.79 Å². The molecule has 1 amide bonds. The Kier molecular flexibility index (Phi) is 10.4. The van der Waals surface area contributed by atoms with Crippen molar-refractivity contribution in [3.8, 4) is 6.07 Å². The number of nitrogens with zero attached hydrogens (tertiary/aromatic N) is 4. The lowest BCUT2D eigenvalue weighted by Crippen LogP contribution is -2.45. The van der Waals surface area contributed by atoms with Gasteiger partial charge in [0, 0.05) is 43.3 Å². The summed E-state index contributed by atoms with van der Waals surface area (Å²) in [5.41, 5.74) is 5.23. The number of nitriles is 1. The van der Waals surface area contributed by atoms with Crippen molar-refractivity contribution in [3.63, 3.8) is 0 Å². The number of rotatable bonds is 10. The maximum atomic E-state index is 13.1. The normalized spacial score (nSPS) is 11.4. The van der Waals surface area contributed by atoms with Crippen LogP contribution in [0, 0.1) is 18.3 Å². The maximum Gasteiger partial charge on any atom is 0.226 e. The molecule has 4 rings (SSSR count). The number of hydrogen-bond donors (Lipinski definition) is 2. The third kappa shape index (κ3) is 8.54. The number of carbonyl (C=O) groups excluding carboxylic acids is 1. The fourth-order valence-electron chi connectivity index (χ4n) is 4.41. The lowest BCUT2D eigenvalue weighted by atomic mass is 10.1. The molecule has 210 valence electrons. The van der Waals surface area contributed by atoms with Gasteiger partial charge in [-0.25, -0.2) is 4.98 Å². The highest BCUT2D eigenvalue weighted by Gasteiger charge is 2.19. The summed E-state index contributed by atoms with van der Waals surface area (Å²) in [5.74, 6) is -0.127. The molecule has 0 bridgehead atoms. The quantitative estimate of drug-likeness (QED) is 0.205. The number of benzene rings is 3. The zero-order valence-corrected chi connectivity index (χ0v) is 25.1. The SMILES string of the molecule is Cc1cccc(NC(=S)N(Cc2cccc(Cl)c2Cl)C[C@H](C)NC(=O)Cc2cncn2Cc2ccc(C#N)cc2)c1. The minimum atomic E-state index is -0.229. The van der Waals surface area contributed by atoms with Crippen LogP contribution in [0.3, 0.4) is 0 Å².